The standard InChI is InChI=1S/C10H17N5O2S/c1-11-9(16)8-6-17-4-3-15(8)5-7-10(12-2)18-14-13-7/h8,12H,3-6H2,1-2H3,(H,11,16). The Labute approximate surface area is 110 Å². The first-order valence-corrected chi connectivity index (χ1v) is 6.56. The molecule has 2 rings (SSSR count). The molecule has 0 bridgehead atoms. The van der Waals surface area contributed by atoms with E-state index in [1.54, 1.807) is 7.05 Å². The minimum Gasteiger partial charge on any atom is -0.378 e. The van der Waals surface area contributed by atoms with Crippen LogP contribution in [0.1, 0.15) is 5.69 Å². The first-order valence-electron chi connectivity index (χ1n) is 5.78. The molecule has 1 saturated heterocycles. The summed E-state index contributed by atoms with van der Waals surface area (Å²) in [6, 6.07) is -0.254. The summed E-state index contributed by atoms with van der Waals surface area (Å²) in [5.74, 6) is -0.0242. The summed E-state index contributed by atoms with van der Waals surface area (Å²) in [5, 5.41) is 10.8. The number of likely N-dealkylation sites (N-methyl/N-ethyl adjacent to an activating group) is 1. The average Bonchev–Trinajstić information content (AvgIpc) is 2.86. The topological polar surface area (TPSA) is 79.4 Å². The molecule has 8 heteroatoms. The first-order chi connectivity index (χ1) is 8.76. The second-order valence-corrected chi connectivity index (χ2v) is 4.73. The van der Waals surface area contributed by atoms with E-state index in [1.165, 1.54) is 11.5 Å². The molecule has 1 aromatic rings. The molecule has 1 unspecified atom stereocenters. The molecule has 1 aromatic heterocycles. The van der Waals surface area contributed by atoms with Crippen molar-refractivity contribution in [2.24, 2.45) is 0 Å². The maximum atomic E-state index is 11.8. The molecule has 2 N–H and O–H groups in total. The van der Waals surface area contributed by atoms with E-state index < -0.39 is 0 Å². The Hall–Kier alpha value is -1.25. The zero-order chi connectivity index (χ0) is 13.0. The number of carbonyl (C=O) groups is 1. The van der Waals surface area contributed by atoms with Crippen LogP contribution in [0.15, 0.2) is 0 Å². The number of morpholine rings is 1. The first kappa shape index (κ1) is 13.2. The number of amides is 1. The van der Waals surface area contributed by atoms with Gasteiger partial charge in [-0.15, -0.1) is 5.10 Å². The Morgan fingerprint density at radius 1 is 1.61 bits per heavy atom. The van der Waals surface area contributed by atoms with Gasteiger partial charge in [0.25, 0.3) is 0 Å². The van der Waals surface area contributed by atoms with Crippen LogP contribution < -0.4 is 10.6 Å². The zero-order valence-corrected chi connectivity index (χ0v) is 11.3. The smallest absolute Gasteiger partial charge is 0.239 e. The highest BCUT2D eigenvalue weighted by Crippen LogP contribution is 2.20. The molecule has 100 valence electrons. The maximum Gasteiger partial charge on any atom is 0.239 e. The van der Waals surface area contributed by atoms with Gasteiger partial charge in [-0.1, -0.05) is 4.49 Å². The largest absolute Gasteiger partial charge is 0.378 e. The van der Waals surface area contributed by atoms with E-state index in [2.05, 4.69) is 25.1 Å². The highest BCUT2D eigenvalue weighted by molar-refractivity contribution is 7.10. The number of rotatable bonds is 4. The van der Waals surface area contributed by atoms with Gasteiger partial charge in [0.05, 0.1) is 13.2 Å². The van der Waals surface area contributed by atoms with E-state index in [0.29, 0.717) is 19.8 Å². The minimum atomic E-state index is -0.254. The van der Waals surface area contributed by atoms with Crippen molar-refractivity contribution in [1.29, 1.82) is 0 Å². The Bertz CT molecular complexity index is 411. The van der Waals surface area contributed by atoms with Gasteiger partial charge in [0.1, 0.15) is 16.7 Å². The van der Waals surface area contributed by atoms with Crippen molar-refractivity contribution in [3.8, 4) is 0 Å². The Balaban J connectivity index is 2.08. The third-order valence-electron chi connectivity index (χ3n) is 2.92. The third-order valence-corrected chi connectivity index (χ3v) is 3.71. The van der Waals surface area contributed by atoms with E-state index in [1.807, 2.05) is 7.05 Å². The molecule has 1 aliphatic rings. The molecule has 0 saturated carbocycles. The molecule has 0 aliphatic carbocycles. The summed E-state index contributed by atoms with van der Waals surface area (Å²) >= 11 is 1.32. The van der Waals surface area contributed by atoms with Crippen LogP contribution in [0.3, 0.4) is 0 Å². The molecule has 1 fully saturated rings. The fraction of sp³-hybridized carbons (Fsp3) is 0.700. The van der Waals surface area contributed by atoms with Crippen LogP contribution in [0.2, 0.25) is 0 Å². The number of hydrogen-bond donors (Lipinski definition) is 2. The lowest BCUT2D eigenvalue weighted by molar-refractivity contribution is -0.132. The van der Waals surface area contributed by atoms with Gasteiger partial charge in [0.15, 0.2) is 0 Å². The fourth-order valence-electron chi connectivity index (χ4n) is 1.93. The van der Waals surface area contributed by atoms with Crippen LogP contribution in [-0.4, -0.2) is 60.3 Å². The molecule has 1 amide bonds. The number of aromatic nitrogens is 2. The average molecular weight is 271 g/mol. The Kier molecular flexibility index (Phi) is 4.45. The van der Waals surface area contributed by atoms with E-state index in [-0.39, 0.29) is 11.9 Å². The van der Waals surface area contributed by atoms with E-state index in [9.17, 15) is 4.79 Å². The van der Waals surface area contributed by atoms with Gasteiger partial charge in [-0.25, -0.2) is 0 Å². The Morgan fingerprint density at radius 3 is 3.17 bits per heavy atom. The summed E-state index contributed by atoms with van der Waals surface area (Å²) < 4.78 is 9.28. The van der Waals surface area contributed by atoms with Gasteiger partial charge in [0.2, 0.25) is 5.91 Å². The summed E-state index contributed by atoms with van der Waals surface area (Å²) in [6.07, 6.45) is 0. The predicted octanol–water partition coefficient (Wildman–Crippen LogP) is -0.473. The molecule has 7 nitrogen and oxygen atoms in total. The van der Waals surface area contributed by atoms with Crippen molar-refractivity contribution in [3.05, 3.63) is 5.69 Å². The molecular weight excluding hydrogens is 254 g/mol. The highest BCUT2D eigenvalue weighted by atomic mass is 32.1. The second kappa shape index (κ2) is 6.07. The lowest BCUT2D eigenvalue weighted by Gasteiger charge is -2.33. The van der Waals surface area contributed by atoms with Crippen molar-refractivity contribution >= 4 is 22.4 Å². The lowest BCUT2D eigenvalue weighted by atomic mass is 10.2. The van der Waals surface area contributed by atoms with Crippen LogP contribution >= 0.6 is 11.5 Å². The molecule has 0 aromatic carbocycles. The second-order valence-electron chi connectivity index (χ2n) is 3.97. The monoisotopic (exact) mass is 271 g/mol. The number of ether oxygens (including phenoxy) is 1. The molecule has 0 spiro atoms. The van der Waals surface area contributed by atoms with Crippen molar-refractivity contribution in [3.63, 3.8) is 0 Å². The minimum absolute atomic E-state index is 0.0242. The quantitative estimate of drug-likeness (QED) is 0.770. The number of hydrogen-bond acceptors (Lipinski definition) is 7. The maximum absolute atomic E-state index is 11.8. The van der Waals surface area contributed by atoms with Crippen LogP contribution in [0.25, 0.3) is 0 Å². The van der Waals surface area contributed by atoms with Crippen LogP contribution in [0, 0.1) is 0 Å². The molecule has 1 atom stereocenters. The molecular formula is C10H17N5O2S. The normalized spacial score (nSPS) is 20.7. The number of nitrogens with one attached hydrogen (secondary N) is 2. The number of nitrogens with zero attached hydrogens (tertiary/aromatic N) is 3. The van der Waals surface area contributed by atoms with Gasteiger partial charge < -0.3 is 15.4 Å². The van der Waals surface area contributed by atoms with E-state index >= 15 is 0 Å². The SMILES string of the molecule is CNC(=O)C1COCCN1Cc1nnsc1NC. The van der Waals surface area contributed by atoms with E-state index in [0.717, 1.165) is 17.2 Å². The summed E-state index contributed by atoms with van der Waals surface area (Å²) in [7, 11) is 3.48. The summed E-state index contributed by atoms with van der Waals surface area (Å²) in [5.41, 5.74) is 0.873. The molecule has 18 heavy (non-hydrogen) atoms. The van der Waals surface area contributed by atoms with Gasteiger partial charge >= 0.3 is 0 Å². The van der Waals surface area contributed by atoms with Crippen molar-refractivity contribution in [2.75, 3.05) is 39.2 Å². The summed E-state index contributed by atoms with van der Waals surface area (Å²) in [6.45, 7) is 2.39. The van der Waals surface area contributed by atoms with Crippen molar-refractivity contribution in [2.45, 2.75) is 12.6 Å². The Morgan fingerprint density at radius 2 is 2.44 bits per heavy atom. The van der Waals surface area contributed by atoms with Gasteiger partial charge in [0, 0.05) is 38.7 Å². The van der Waals surface area contributed by atoms with E-state index in [4.69, 9.17) is 4.74 Å². The zero-order valence-electron chi connectivity index (χ0n) is 10.5. The predicted molar refractivity (Wildman–Crippen MR) is 68.5 cm³/mol. The van der Waals surface area contributed by atoms with Crippen molar-refractivity contribution in [1.82, 2.24) is 19.8 Å². The lowest BCUT2D eigenvalue weighted by Crippen LogP contribution is -2.52. The van der Waals surface area contributed by atoms with Gasteiger partial charge in [-0.3, -0.25) is 9.69 Å². The third kappa shape index (κ3) is 2.77. The molecule has 0 radical (unpaired) electrons. The van der Waals surface area contributed by atoms with Crippen molar-refractivity contribution < 1.29 is 9.53 Å². The highest BCUT2D eigenvalue weighted by Gasteiger charge is 2.29. The van der Waals surface area contributed by atoms with Crippen LogP contribution in [0.4, 0.5) is 5.00 Å². The molecule has 2 heterocycles. The van der Waals surface area contributed by atoms with Crippen LogP contribution in [0.5, 0.6) is 0 Å². The molecule has 1 aliphatic heterocycles. The number of carbonyl (C=O) groups excluding carboxylic acids is 1. The van der Waals surface area contributed by atoms with Gasteiger partial charge in [-0.2, -0.15) is 0 Å². The summed E-state index contributed by atoms with van der Waals surface area (Å²) in [4.78, 5) is 13.8. The fourth-order valence-corrected chi connectivity index (χ4v) is 2.45. The van der Waals surface area contributed by atoms with Gasteiger partial charge in [-0.05, 0) is 0 Å². The number of anilines is 1. The van der Waals surface area contributed by atoms with Crippen LogP contribution in [-0.2, 0) is 16.1 Å².